The normalized spacial score (nSPS) is 18.0. The summed E-state index contributed by atoms with van der Waals surface area (Å²) >= 11 is 0. The lowest BCUT2D eigenvalue weighted by molar-refractivity contribution is -0.117. The third kappa shape index (κ3) is 3.61. The maximum Gasteiger partial charge on any atom is 0.239 e. The van der Waals surface area contributed by atoms with E-state index in [1.54, 1.807) is 6.20 Å². The lowest BCUT2D eigenvalue weighted by Crippen LogP contribution is -2.33. The van der Waals surface area contributed by atoms with Crippen LogP contribution in [0.15, 0.2) is 12.3 Å². The van der Waals surface area contributed by atoms with Crippen molar-refractivity contribution in [2.45, 2.75) is 52.6 Å². The van der Waals surface area contributed by atoms with Crippen molar-refractivity contribution in [2.24, 2.45) is 7.05 Å². The fourth-order valence-electron chi connectivity index (χ4n) is 3.81. The zero-order valence-electron chi connectivity index (χ0n) is 15.6. The summed E-state index contributed by atoms with van der Waals surface area (Å²) < 4.78 is 3.78. The maximum absolute atomic E-state index is 12.6. The van der Waals surface area contributed by atoms with Crippen LogP contribution in [0.5, 0.6) is 0 Å². The Bertz CT molecular complexity index is 747. The molecule has 1 N–H and O–H groups in total. The minimum Gasteiger partial charge on any atom is -0.310 e. The van der Waals surface area contributed by atoms with Gasteiger partial charge < -0.3 is 5.32 Å². The van der Waals surface area contributed by atoms with E-state index in [1.165, 1.54) is 11.3 Å². The number of carbonyl (C=O) groups excluding carboxylic acids is 1. The quantitative estimate of drug-likeness (QED) is 0.874. The second-order valence-corrected chi connectivity index (χ2v) is 6.82. The number of aryl methyl sites for hydroxylation is 3. The molecule has 0 aromatic carbocycles. The number of amides is 1. The number of hydrogen-bond acceptors (Lipinski definition) is 4. The van der Waals surface area contributed by atoms with Crippen LogP contribution in [0.25, 0.3) is 0 Å². The van der Waals surface area contributed by atoms with Gasteiger partial charge in [-0.1, -0.05) is 6.92 Å². The predicted molar refractivity (Wildman–Crippen MR) is 97.4 cm³/mol. The first-order valence-corrected chi connectivity index (χ1v) is 9.07. The number of likely N-dealkylation sites (tertiary alicyclic amines) is 1. The summed E-state index contributed by atoms with van der Waals surface area (Å²) in [6.45, 7) is 8.41. The van der Waals surface area contributed by atoms with E-state index in [0.29, 0.717) is 6.54 Å². The summed E-state index contributed by atoms with van der Waals surface area (Å²) in [5, 5.41) is 11.8. The Labute approximate surface area is 149 Å². The molecule has 7 heteroatoms. The van der Waals surface area contributed by atoms with Crippen LogP contribution in [0.2, 0.25) is 0 Å². The summed E-state index contributed by atoms with van der Waals surface area (Å²) in [4.78, 5) is 14.8. The van der Waals surface area contributed by atoms with Gasteiger partial charge in [-0.3, -0.25) is 14.4 Å². The van der Waals surface area contributed by atoms with E-state index in [9.17, 15) is 4.79 Å². The molecule has 1 amide bonds. The van der Waals surface area contributed by atoms with Gasteiger partial charge >= 0.3 is 0 Å². The zero-order valence-corrected chi connectivity index (χ0v) is 15.6. The summed E-state index contributed by atoms with van der Waals surface area (Å²) in [7, 11) is 1.98. The molecule has 0 spiro atoms. The molecule has 2 aromatic rings. The van der Waals surface area contributed by atoms with Crippen molar-refractivity contribution in [3.05, 3.63) is 29.2 Å². The monoisotopic (exact) mass is 344 g/mol. The van der Waals surface area contributed by atoms with E-state index in [0.717, 1.165) is 43.9 Å². The summed E-state index contributed by atoms with van der Waals surface area (Å²) in [6.07, 6.45) is 4.90. The average molecular weight is 344 g/mol. The van der Waals surface area contributed by atoms with Gasteiger partial charge in [0.05, 0.1) is 18.4 Å². The number of aromatic nitrogens is 4. The van der Waals surface area contributed by atoms with Crippen molar-refractivity contribution in [3.8, 4) is 0 Å². The molecular weight excluding hydrogens is 316 g/mol. The molecule has 136 valence electrons. The Morgan fingerprint density at radius 1 is 1.40 bits per heavy atom. The SMILES string of the molecule is CCCn1nccc1NC(=O)CN1CCC[C@@H]1c1c(C)nn(C)c1C. The van der Waals surface area contributed by atoms with Crippen LogP contribution in [0.3, 0.4) is 0 Å². The lowest BCUT2D eigenvalue weighted by Gasteiger charge is -2.24. The predicted octanol–water partition coefficient (Wildman–Crippen LogP) is 2.42. The highest BCUT2D eigenvalue weighted by Crippen LogP contribution is 2.35. The van der Waals surface area contributed by atoms with Crippen molar-refractivity contribution in [1.29, 1.82) is 0 Å². The highest BCUT2D eigenvalue weighted by atomic mass is 16.2. The van der Waals surface area contributed by atoms with Gasteiger partial charge in [0.25, 0.3) is 0 Å². The van der Waals surface area contributed by atoms with Gasteiger partial charge in [-0.05, 0) is 39.7 Å². The van der Waals surface area contributed by atoms with Crippen LogP contribution >= 0.6 is 0 Å². The van der Waals surface area contributed by atoms with Crippen LogP contribution in [0.4, 0.5) is 5.82 Å². The summed E-state index contributed by atoms with van der Waals surface area (Å²) in [6, 6.07) is 2.13. The van der Waals surface area contributed by atoms with E-state index >= 15 is 0 Å². The molecule has 3 heterocycles. The van der Waals surface area contributed by atoms with E-state index in [-0.39, 0.29) is 11.9 Å². The first-order valence-electron chi connectivity index (χ1n) is 9.07. The molecular formula is C18H28N6O. The van der Waals surface area contributed by atoms with E-state index in [2.05, 4.69) is 41.2 Å². The van der Waals surface area contributed by atoms with Gasteiger partial charge in [-0.25, -0.2) is 4.68 Å². The van der Waals surface area contributed by atoms with Gasteiger partial charge in [0.1, 0.15) is 5.82 Å². The lowest BCUT2D eigenvalue weighted by atomic mass is 10.0. The zero-order chi connectivity index (χ0) is 18.0. The van der Waals surface area contributed by atoms with Gasteiger partial charge in [0, 0.05) is 37.0 Å². The topological polar surface area (TPSA) is 68.0 Å². The van der Waals surface area contributed by atoms with E-state index in [4.69, 9.17) is 0 Å². The maximum atomic E-state index is 12.6. The first-order chi connectivity index (χ1) is 12.0. The van der Waals surface area contributed by atoms with Crippen LogP contribution in [-0.4, -0.2) is 43.5 Å². The second-order valence-electron chi connectivity index (χ2n) is 6.82. The molecule has 0 aliphatic carbocycles. The number of nitrogens with zero attached hydrogens (tertiary/aromatic N) is 5. The summed E-state index contributed by atoms with van der Waals surface area (Å²) in [5.41, 5.74) is 3.54. The van der Waals surface area contributed by atoms with Gasteiger partial charge in [0.2, 0.25) is 5.91 Å². The second kappa shape index (κ2) is 7.39. The number of nitrogens with one attached hydrogen (secondary N) is 1. The number of rotatable bonds is 6. The molecule has 0 saturated carbocycles. The van der Waals surface area contributed by atoms with E-state index < -0.39 is 0 Å². The number of anilines is 1. The Morgan fingerprint density at radius 2 is 2.20 bits per heavy atom. The molecule has 0 bridgehead atoms. The molecule has 0 unspecified atom stereocenters. The molecule has 1 aliphatic heterocycles. The van der Waals surface area contributed by atoms with Gasteiger partial charge in [-0.2, -0.15) is 10.2 Å². The molecule has 3 rings (SSSR count). The molecule has 7 nitrogen and oxygen atoms in total. The largest absolute Gasteiger partial charge is 0.310 e. The Hall–Kier alpha value is -2.15. The van der Waals surface area contributed by atoms with Crippen LogP contribution in [0.1, 0.15) is 49.2 Å². The fourth-order valence-corrected chi connectivity index (χ4v) is 3.81. The van der Waals surface area contributed by atoms with Crippen LogP contribution < -0.4 is 5.32 Å². The van der Waals surface area contributed by atoms with Gasteiger partial charge in [0.15, 0.2) is 0 Å². The Kier molecular flexibility index (Phi) is 5.22. The van der Waals surface area contributed by atoms with Crippen molar-refractivity contribution in [3.63, 3.8) is 0 Å². The smallest absolute Gasteiger partial charge is 0.239 e. The first kappa shape index (κ1) is 17.7. The Balaban J connectivity index is 1.69. The minimum absolute atomic E-state index is 0.0175. The standard InChI is InChI=1S/C18H28N6O/c1-5-10-24-16(8-9-19-24)20-17(25)12-23-11-6-7-15(23)18-13(2)21-22(4)14(18)3/h8-9,15H,5-7,10-12H2,1-4H3,(H,20,25)/t15-/m1/s1. The highest BCUT2D eigenvalue weighted by Gasteiger charge is 2.31. The molecule has 0 radical (unpaired) electrons. The number of hydrogen-bond donors (Lipinski definition) is 1. The molecule has 1 atom stereocenters. The van der Waals surface area contributed by atoms with Gasteiger partial charge in [-0.15, -0.1) is 0 Å². The third-order valence-corrected chi connectivity index (χ3v) is 5.03. The molecule has 1 aliphatic rings. The summed E-state index contributed by atoms with van der Waals surface area (Å²) in [5.74, 6) is 0.792. The van der Waals surface area contributed by atoms with Crippen molar-refractivity contribution in [1.82, 2.24) is 24.5 Å². The fraction of sp³-hybridized carbons (Fsp3) is 0.611. The van der Waals surface area contributed by atoms with Crippen molar-refractivity contribution < 1.29 is 4.79 Å². The van der Waals surface area contributed by atoms with Crippen molar-refractivity contribution in [2.75, 3.05) is 18.4 Å². The third-order valence-electron chi connectivity index (χ3n) is 5.03. The molecule has 2 aromatic heterocycles. The molecule has 25 heavy (non-hydrogen) atoms. The Morgan fingerprint density at radius 3 is 2.88 bits per heavy atom. The molecule has 1 fully saturated rings. The average Bonchev–Trinajstić information content (AvgIpc) is 3.23. The highest BCUT2D eigenvalue weighted by molar-refractivity contribution is 5.91. The van der Waals surface area contributed by atoms with Crippen LogP contribution in [-0.2, 0) is 18.4 Å². The number of carbonyl (C=O) groups is 1. The van der Waals surface area contributed by atoms with E-state index in [1.807, 2.05) is 22.5 Å². The molecule has 1 saturated heterocycles. The van der Waals surface area contributed by atoms with Crippen molar-refractivity contribution >= 4 is 11.7 Å². The minimum atomic E-state index is 0.0175. The van der Waals surface area contributed by atoms with Crippen LogP contribution in [0, 0.1) is 13.8 Å².